The van der Waals surface area contributed by atoms with Gasteiger partial charge in [0.1, 0.15) is 36.4 Å². The lowest BCUT2D eigenvalue weighted by Gasteiger charge is -2.17. The predicted octanol–water partition coefficient (Wildman–Crippen LogP) is 1.85. The minimum Gasteiger partial charge on any atom is -0.394 e. The van der Waals surface area contributed by atoms with Gasteiger partial charge in [0, 0.05) is 20.1 Å². The maximum Gasteiger partial charge on any atom is 0.243 e. The zero-order valence-electron chi connectivity index (χ0n) is 25.6. The van der Waals surface area contributed by atoms with Crippen LogP contribution in [0.4, 0.5) is 20.4 Å². The smallest absolute Gasteiger partial charge is 0.243 e. The second kappa shape index (κ2) is 17.0. The Balaban J connectivity index is 1.20. The number of fused-ring (bicyclic) bond motifs is 1. The first-order valence-corrected chi connectivity index (χ1v) is 19.7. The second-order valence-corrected chi connectivity index (χ2v) is 14.1. The van der Waals surface area contributed by atoms with Crippen molar-refractivity contribution in [1.29, 1.82) is 0 Å². The number of ether oxygens (including phenoxy) is 2. The van der Waals surface area contributed by atoms with Gasteiger partial charge >= 0.3 is 0 Å². The summed E-state index contributed by atoms with van der Waals surface area (Å²) in [5.74, 6) is 0.826. The third-order valence-electron chi connectivity index (χ3n) is 7.58. The zero-order valence-corrected chi connectivity index (χ0v) is 29.4. The van der Waals surface area contributed by atoms with E-state index in [-0.39, 0.29) is 17.2 Å². The molecule has 5 heterocycles. The van der Waals surface area contributed by atoms with Gasteiger partial charge in [0.25, 0.3) is 0 Å². The summed E-state index contributed by atoms with van der Waals surface area (Å²) < 4.78 is 77.6. The van der Waals surface area contributed by atoms with Gasteiger partial charge in [-0.25, -0.2) is 33.7 Å². The molecule has 5 rings (SSSR count). The van der Waals surface area contributed by atoms with Crippen molar-refractivity contribution < 1.29 is 46.6 Å². The van der Waals surface area contributed by atoms with Crippen molar-refractivity contribution >= 4 is 74.3 Å². The molecule has 4 N–H and O–H groups in total. The molecule has 24 heteroatoms. The van der Waals surface area contributed by atoms with Crippen LogP contribution in [0.1, 0.15) is 18.1 Å². The lowest BCUT2D eigenvalue weighted by Crippen LogP contribution is -2.31. The van der Waals surface area contributed by atoms with Gasteiger partial charge in [0.15, 0.2) is 53.4 Å². The molecule has 0 bridgehead atoms. The summed E-state index contributed by atoms with van der Waals surface area (Å²) >= 11 is 7.42. The van der Waals surface area contributed by atoms with Crippen molar-refractivity contribution in [2.45, 2.75) is 49.2 Å². The Labute approximate surface area is 289 Å². The topological polar surface area (TPSA) is 222 Å². The Morgan fingerprint density at radius 1 is 1.00 bits per heavy atom. The molecule has 3 aromatic heterocycles. The minimum absolute atomic E-state index is 0.143. The van der Waals surface area contributed by atoms with E-state index in [4.69, 9.17) is 18.5 Å². The molecule has 2 aliphatic rings. The van der Waals surface area contributed by atoms with Crippen molar-refractivity contribution in [3.8, 4) is 0 Å². The molecule has 0 radical (unpaired) electrons. The standard InChI is InChI=1S/C25H34F2N10O8P2S2/c1-28-20(16-22(29-2)36(10-34-16)24-14(26)18(44-46(40)48)12(7-38)42-24)30-5-3-4-6-31-21-17-23(33-9-32-21)37(11-35-17)25-15(27)19(45-47(41)49)13(8-39)43-25/h3-4,9-15,18-19,24-25,38-39,46-47H,2,5-8H2,1H3,(H,28,30)(H,40,48)(H,41,49)(H,31,32,33)/b4-3+/t12-,13?,14-,15-,18?,19-,24-,25-/m1/s1. The van der Waals surface area contributed by atoms with Crippen molar-refractivity contribution in [1.82, 2.24) is 34.4 Å². The number of aromatic nitrogens is 6. The van der Waals surface area contributed by atoms with Gasteiger partial charge in [-0.3, -0.25) is 23.3 Å². The third kappa shape index (κ3) is 8.08. The van der Waals surface area contributed by atoms with E-state index in [1.54, 1.807) is 12.2 Å². The number of nitrogens with zero attached hydrogens (tertiary/aromatic N) is 8. The van der Waals surface area contributed by atoms with E-state index >= 15 is 8.78 Å². The molecule has 18 nitrogen and oxygen atoms in total. The Bertz CT molecular complexity index is 1740. The molecule has 0 aliphatic carbocycles. The molecule has 2 aliphatic heterocycles. The zero-order chi connectivity index (χ0) is 35.2. The quantitative estimate of drug-likeness (QED) is 0.0428. The number of aliphatic imine (C=N–C) groups is 2. The SMILES string of the molecule is C=Nc1c(/C(=N\C)NC/C=C/CNc2ncnc3c2ncn3[C@@H]2OC(CO)[C@@H](O[PH](=O)S)[C@H]2F)ncn1[C@@H]1O[C@H](CO)C(O[PH](=O)S)[C@H]1F. The normalized spacial score (nSPS) is 28.8. The summed E-state index contributed by atoms with van der Waals surface area (Å²) in [5, 5.41) is 25.4. The highest BCUT2D eigenvalue weighted by atomic mass is 32.7. The fraction of sp³-hybridized carbons (Fsp3) is 0.520. The van der Waals surface area contributed by atoms with Gasteiger partial charge in [-0.05, 0) is 6.72 Å². The summed E-state index contributed by atoms with van der Waals surface area (Å²) in [4.78, 5) is 25.3. The van der Waals surface area contributed by atoms with Gasteiger partial charge in [-0.2, -0.15) is 0 Å². The van der Waals surface area contributed by atoms with Crippen LogP contribution in [0.3, 0.4) is 0 Å². The molecule has 0 spiro atoms. The van der Waals surface area contributed by atoms with Crippen LogP contribution in [-0.4, -0.2) is 122 Å². The highest BCUT2D eigenvalue weighted by molar-refractivity contribution is 8.39. The predicted molar refractivity (Wildman–Crippen MR) is 182 cm³/mol. The van der Waals surface area contributed by atoms with Crippen LogP contribution < -0.4 is 10.6 Å². The third-order valence-corrected chi connectivity index (χ3v) is 9.16. The average molecular weight is 767 g/mol. The van der Waals surface area contributed by atoms with Gasteiger partial charge in [-0.1, -0.05) is 36.6 Å². The van der Waals surface area contributed by atoms with E-state index in [9.17, 15) is 19.3 Å². The number of thiol groups is 2. The number of anilines is 1. The van der Waals surface area contributed by atoms with Gasteiger partial charge < -0.3 is 39.4 Å². The number of hydrogen-bond acceptors (Lipinski definition) is 15. The number of nitrogens with one attached hydrogen (secondary N) is 2. The van der Waals surface area contributed by atoms with Crippen LogP contribution in [-0.2, 0) is 27.7 Å². The Morgan fingerprint density at radius 3 is 2.16 bits per heavy atom. The highest BCUT2D eigenvalue weighted by Crippen LogP contribution is 2.43. The summed E-state index contributed by atoms with van der Waals surface area (Å²) in [7, 11) is -4.08. The Hall–Kier alpha value is -2.78. The molecule has 3 aromatic rings. The molecule has 4 unspecified atom stereocenters. The van der Waals surface area contributed by atoms with E-state index in [0.717, 1.165) is 0 Å². The molecule has 2 saturated heterocycles. The largest absolute Gasteiger partial charge is 0.394 e. The van der Waals surface area contributed by atoms with Crippen molar-refractivity contribution in [2.75, 3.05) is 38.7 Å². The molecule has 10 atom stereocenters. The first kappa shape index (κ1) is 37.5. The Kier molecular flexibility index (Phi) is 13.0. The first-order valence-electron chi connectivity index (χ1n) is 14.5. The van der Waals surface area contributed by atoms with E-state index in [0.29, 0.717) is 30.3 Å². The lowest BCUT2D eigenvalue weighted by molar-refractivity contribution is -0.0435. The van der Waals surface area contributed by atoms with Crippen LogP contribution in [0.25, 0.3) is 11.2 Å². The van der Waals surface area contributed by atoms with Crippen LogP contribution in [0.5, 0.6) is 0 Å². The van der Waals surface area contributed by atoms with Crippen molar-refractivity contribution in [3.63, 3.8) is 0 Å². The van der Waals surface area contributed by atoms with Crippen LogP contribution in [0.2, 0.25) is 0 Å². The molecule has 0 amide bonds. The number of aliphatic hydroxyl groups excluding tert-OH is 2. The molecule has 49 heavy (non-hydrogen) atoms. The van der Waals surface area contributed by atoms with Crippen molar-refractivity contribution in [2.24, 2.45) is 9.98 Å². The van der Waals surface area contributed by atoms with Gasteiger partial charge in [0.05, 0.1) is 25.9 Å². The Morgan fingerprint density at radius 2 is 1.59 bits per heavy atom. The van der Waals surface area contributed by atoms with E-state index in [2.05, 4.69) is 71.8 Å². The minimum atomic E-state index is -2.81. The first-order chi connectivity index (χ1) is 23.6. The van der Waals surface area contributed by atoms with E-state index in [1.165, 1.54) is 35.2 Å². The average Bonchev–Trinajstić information content (AvgIpc) is 3.85. The van der Waals surface area contributed by atoms with Gasteiger partial charge in [-0.15, -0.1) is 0 Å². The summed E-state index contributed by atoms with van der Waals surface area (Å²) in [6.07, 6.45) is -3.39. The van der Waals surface area contributed by atoms with Crippen LogP contribution >= 0.6 is 39.0 Å². The van der Waals surface area contributed by atoms with Crippen LogP contribution in [0, 0.1) is 0 Å². The fourth-order valence-corrected chi connectivity index (χ4v) is 7.18. The second-order valence-electron chi connectivity index (χ2n) is 10.4. The molecular weight excluding hydrogens is 732 g/mol. The molecule has 268 valence electrons. The number of imidazole rings is 2. The monoisotopic (exact) mass is 766 g/mol. The number of rotatable bonds is 15. The number of aliphatic hydroxyl groups is 2. The van der Waals surface area contributed by atoms with E-state index in [1.807, 2.05) is 0 Å². The molecule has 0 aromatic carbocycles. The summed E-state index contributed by atoms with van der Waals surface area (Å²) in [6.45, 7) is 3.03. The van der Waals surface area contributed by atoms with Crippen LogP contribution in [0.15, 0.2) is 41.1 Å². The number of hydrogen-bond donors (Lipinski definition) is 6. The molecule has 2 fully saturated rings. The maximum absolute atomic E-state index is 15.3. The van der Waals surface area contributed by atoms with Gasteiger partial charge in [0.2, 0.25) is 14.5 Å². The van der Waals surface area contributed by atoms with Crippen molar-refractivity contribution in [3.05, 3.63) is 36.8 Å². The number of halogens is 2. The molecule has 0 saturated carbocycles. The number of amidine groups is 1. The lowest BCUT2D eigenvalue weighted by atomic mass is 10.1. The van der Waals surface area contributed by atoms with E-state index < -0.39 is 76.9 Å². The summed E-state index contributed by atoms with van der Waals surface area (Å²) in [6, 6.07) is 0. The highest BCUT2D eigenvalue weighted by Gasteiger charge is 2.49. The number of alkyl halides is 2. The summed E-state index contributed by atoms with van der Waals surface area (Å²) in [5.41, 5.74) is 0.857. The molecular formula is C25H34F2N10O8P2S2. The maximum atomic E-state index is 15.3. The fourth-order valence-electron chi connectivity index (χ4n) is 5.42.